The van der Waals surface area contributed by atoms with Crippen molar-refractivity contribution in [1.82, 2.24) is 0 Å². The number of carbonyl (C=O) groups is 2. The van der Waals surface area contributed by atoms with Crippen LogP contribution in [0, 0.1) is 11.2 Å². The molecule has 16 heavy (non-hydrogen) atoms. The molecule has 0 heterocycles. The third-order valence-corrected chi connectivity index (χ3v) is 2.32. The molecule has 0 saturated carbocycles. The van der Waals surface area contributed by atoms with Crippen molar-refractivity contribution >= 4 is 11.6 Å². The predicted molar refractivity (Wildman–Crippen MR) is 59.8 cm³/mol. The lowest BCUT2D eigenvalue weighted by molar-refractivity contribution is -0.125. The van der Waals surface area contributed by atoms with Crippen molar-refractivity contribution in [2.24, 2.45) is 5.41 Å². The molecule has 0 aliphatic rings. The largest absolute Gasteiger partial charge is 0.299 e. The third-order valence-electron chi connectivity index (χ3n) is 2.32. The third kappa shape index (κ3) is 3.26. The first-order chi connectivity index (χ1) is 7.30. The zero-order chi connectivity index (χ0) is 12.3. The van der Waals surface area contributed by atoms with Crippen LogP contribution in [0.2, 0.25) is 0 Å². The van der Waals surface area contributed by atoms with Gasteiger partial charge in [0.2, 0.25) is 0 Å². The van der Waals surface area contributed by atoms with E-state index < -0.39 is 11.2 Å². The van der Waals surface area contributed by atoms with Crippen molar-refractivity contribution < 1.29 is 14.0 Å². The molecular formula is C13H15FO2. The maximum atomic E-state index is 12.6. The lowest BCUT2D eigenvalue weighted by Crippen LogP contribution is -2.23. The lowest BCUT2D eigenvalue weighted by atomic mass is 9.87. The molecule has 0 spiro atoms. The Labute approximate surface area is 94.5 Å². The number of Topliss-reactive ketones (excluding diaryl/α,β-unsaturated/α-hetero) is 2. The van der Waals surface area contributed by atoms with Gasteiger partial charge in [-0.1, -0.05) is 20.8 Å². The molecule has 0 aromatic heterocycles. The molecule has 1 rings (SSSR count). The Balaban J connectivity index is 2.74. The van der Waals surface area contributed by atoms with Crippen molar-refractivity contribution in [2.45, 2.75) is 27.2 Å². The summed E-state index contributed by atoms with van der Waals surface area (Å²) >= 11 is 0. The van der Waals surface area contributed by atoms with Crippen LogP contribution in [0.1, 0.15) is 37.6 Å². The fourth-order valence-electron chi connectivity index (χ4n) is 1.15. The van der Waals surface area contributed by atoms with Crippen LogP contribution < -0.4 is 0 Å². The summed E-state index contributed by atoms with van der Waals surface area (Å²) in [6.07, 6.45) is -0.130. The van der Waals surface area contributed by atoms with E-state index in [0.717, 1.165) is 0 Å². The van der Waals surface area contributed by atoms with E-state index >= 15 is 0 Å². The molecule has 0 unspecified atom stereocenters. The van der Waals surface area contributed by atoms with Crippen LogP contribution in [0.5, 0.6) is 0 Å². The fraction of sp³-hybridized carbons (Fsp3) is 0.385. The van der Waals surface area contributed by atoms with Crippen LogP contribution in [-0.4, -0.2) is 11.6 Å². The van der Waals surface area contributed by atoms with Crippen molar-refractivity contribution in [1.29, 1.82) is 0 Å². The zero-order valence-corrected chi connectivity index (χ0v) is 9.71. The molecule has 86 valence electrons. The van der Waals surface area contributed by atoms with E-state index in [0.29, 0.717) is 5.56 Å². The summed E-state index contributed by atoms with van der Waals surface area (Å²) in [5.41, 5.74) is -0.144. The van der Waals surface area contributed by atoms with E-state index in [2.05, 4.69) is 0 Å². The number of ketones is 2. The Morgan fingerprint density at radius 1 is 1.12 bits per heavy atom. The highest BCUT2D eigenvalue weighted by Gasteiger charge is 2.23. The Morgan fingerprint density at radius 3 is 2.06 bits per heavy atom. The van der Waals surface area contributed by atoms with E-state index in [9.17, 15) is 14.0 Å². The van der Waals surface area contributed by atoms with Gasteiger partial charge in [0.15, 0.2) is 5.78 Å². The molecule has 1 aromatic rings. The fourth-order valence-corrected chi connectivity index (χ4v) is 1.15. The van der Waals surface area contributed by atoms with E-state index in [1.165, 1.54) is 24.3 Å². The molecule has 0 bridgehead atoms. The van der Waals surface area contributed by atoms with Gasteiger partial charge in [0.1, 0.15) is 11.6 Å². The van der Waals surface area contributed by atoms with Gasteiger partial charge < -0.3 is 0 Å². The van der Waals surface area contributed by atoms with Crippen molar-refractivity contribution in [3.8, 4) is 0 Å². The molecule has 0 amide bonds. The van der Waals surface area contributed by atoms with Gasteiger partial charge in [-0.05, 0) is 24.3 Å². The quantitative estimate of drug-likeness (QED) is 0.582. The second-order valence-corrected chi connectivity index (χ2v) is 4.78. The Morgan fingerprint density at radius 2 is 1.62 bits per heavy atom. The summed E-state index contributed by atoms with van der Waals surface area (Å²) in [6, 6.07) is 5.23. The number of halogens is 1. The van der Waals surface area contributed by atoms with Crippen LogP contribution in [-0.2, 0) is 4.79 Å². The normalized spacial score (nSPS) is 11.2. The minimum Gasteiger partial charge on any atom is -0.299 e. The average Bonchev–Trinajstić information content (AvgIpc) is 2.17. The first-order valence-electron chi connectivity index (χ1n) is 5.13. The Kier molecular flexibility index (Phi) is 3.58. The highest BCUT2D eigenvalue weighted by atomic mass is 19.1. The molecule has 0 aliphatic heterocycles. The number of hydrogen-bond acceptors (Lipinski definition) is 2. The van der Waals surface area contributed by atoms with Crippen LogP contribution in [0.3, 0.4) is 0 Å². The Bertz CT molecular complexity index is 399. The van der Waals surface area contributed by atoms with Crippen molar-refractivity contribution in [3.63, 3.8) is 0 Å². The number of rotatable bonds is 3. The number of benzene rings is 1. The van der Waals surface area contributed by atoms with Gasteiger partial charge in [0.05, 0.1) is 6.42 Å². The monoisotopic (exact) mass is 222 g/mol. The molecule has 2 nitrogen and oxygen atoms in total. The van der Waals surface area contributed by atoms with Crippen LogP contribution in [0.25, 0.3) is 0 Å². The molecule has 0 radical (unpaired) electrons. The van der Waals surface area contributed by atoms with Gasteiger partial charge in [-0.25, -0.2) is 4.39 Å². The lowest BCUT2D eigenvalue weighted by Gasteiger charge is -2.15. The zero-order valence-electron chi connectivity index (χ0n) is 9.71. The van der Waals surface area contributed by atoms with E-state index in [1.807, 2.05) is 0 Å². The molecule has 0 atom stereocenters. The molecule has 3 heteroatoms. The molecule has 0 fully saturated rings. The highest BCUT2D eigenvalue weighted by molar-refractivity contribution is 6.09. The van der Waals surface area contributed by atoms with E-state index in [4.69, 9.17) is 0 Å². The molecular weight excluding hydrogens is 207 g/mol. The van der Waals surface area contributed by atoms with Crippen LogP contribution in [0.15, 0.2) is 24.3 Å². The second kappa shape index (κ2) is 4.56. The maximum Gasteiger partial charge on any atom is 0.170 e. The van der Waals surface area contributed by atoms with Gasteiger partial charge in [0, 0.05) is 11.0 Å². The van der Waals surface area contributed by atoms with Gasteiger partial charge in [-0.3, -0.25) is 9.59 Å². The minimum atomic E-state index is -0.518. The number of carbonyl (C=O) groups excluding carboxylic acids is 2. The molecule has 0 N–H and O–H groups in total. The summed E-state index contributed by atoms with van der Waals surface area (Å²) in [5, 5.41) is 0. The Hall–Kier alpha value is -1.51. The summed E-state index contributed by atoms with van der Waals surface area (Å²) in [7, 11) is 0. The van der Waals surface area contributed by atoms with E-state index in [-0.39, 0.29) is 18.0 Å². The molecule has 0 saturated heterocycles. The summed E-state index contributed by atoms with van der Waals surface area (Å²) in [4.78, 5) is 23.3. The highest BCUT2D eigenvalue weighted by Crippen LogP contribution is 2.18. The van der Waals surface area contributed by atoms with Crippen LogP contribution >= 0.6 is 0 Å². The summed E-state index contributed by atoms with van der Waals surface area (Å²) in [5.74, 6) is -0.763. The average molecular weight is 222 g/mol. The molecule has 0 aliphatic carbocycles. The molecule has 1 aromatic carbocycles. The van der Waals surface area contributed by atoms with Gasteiger partial charge >= 0.3 is 0 Å². The minimum absolute atomic E-state index is 0.109. The van der Waals surface area contributed by atoms with Crippen molar-refractivity contribution in [2.75, 3.05) is 0 Å². The SMILES string of the molecule is CC(C)(C)C(=O)CC(=O)c1ccc(F)cc1. The second-order valence-electron chi connectivity index (χ2n) is 4.78. The van der Waals surface area contributed by atoms with Gasteiger partial charge in [-0.15, -0.1) is 0 Å². The first kappa shape index (κ1) is 12.6. The van der Waals surface area contributed by atoms with Gasteiger partial charge in [-0.2, -0.15) is 0 Å². The maximum absolute atomic E-state index is 12.6. The van der Waals surface area contributed by atoms with Gasteiger partial charge in [0.25, 0.3) is 0 Å². The summed E-state index contributed by atoms with van der Waals surface area (Å²) in [6.45, 7) is 5.31. The topological polar surface area (TPSA) is 34.1 Å². The van der Waals surface area contributed by atoms with Crippen LogP contribution in [0.4, 0.5) is 4.39 Å². The van der Waals surface area contributed by atoms with E-state index in [1.54, 1.807) is 20.8 Å². The number of hydrogen-bond donors (Lipinski definition) is 0. The summed E-state index contributed by atoms with van der Waals surface area (Å²) < 4.78 is 12.6. The smallest absolute Gasteiger partial charge is 0.170 e. The standard InChI is InChI=1S/C13H15FO2/c1-13(2,3)12(16)8-11(15)9-4-6-10(14)7-5-9/h4-7H,8H2,1-3H3. The van der Waals surface area contributed by atoms with Crippen molar-refractivity contribution in [3.05, 3.63) is 35.6 Å². The predicted octanol–water partition coefficient (Wildman–Crippen LogP) is 3.01. The first-order valence-corrected chi connectivity index (χ1v) is 5.13.